The van der Waals surface area contributed by atoms with Gasteiger partial charge >= 0.3 is 0 Å². The smallest absolute Gasteiger partial charge is 0.122 e. The number of hydrogen-bond donors (Lipinski definition) is 1. The van der Waals surface area contributed by atoms with Crippen LogP contribution in [0.3, 0.4) is 0 Å². The van der Waals surface area contributed by atoms with Crippen molar-refractivity contribution >= 4 is 5.69 Å². The zero-order valence-corrected chi connectivity index (χ0v) is 11.0. The maximum absolute atomic E-state index is 9.13. The molecular weight excluding hydrogens is 228 g/mol. The fourth-order valence-electron chi connectivity index (χ4n) is 2.02. The molecule has 0 aromatic heterocycles. The van der Waals surface area contributed by atoms with Crippen LogP contribution in [0.1, 0.15) is 11.1 Å². The highest BCUT2D eigenvalue weighted by atomic mass is 16.5. The van der Waals surface area contributed by atoms with E-state index in [0.29, 0.717) is 19.8 Å². The zero-order valence-electron chi connectivity index (χ0n) is 11.0. The molecule has 1 aliphatic rings. The van der Waals surface area contributed by atoms with Gasteiger partial charge in [-0.2, -0.15) is 5.26 Å². The summed E-state index contributed by atoms with van der Waals surface area (Å²) in [6.07, 6.45) is 0. The summed E-state index contributed by atoms with van der Waals surface area (Å²) in [7, 11) is 1.67. The Hall–Kier alpha value is -1.73. The average molecular weight is 246 g/mol. The number of nitrogens with zero attached hydrogens (tertiary/aromatic N) is 1. The van der Waals surface area contributed by atoms with E-state index in [9.17, 15) is 0 Å². The van der Waals surface area contributed by atoms with E-state index in [4.69, 9.17) is 14.7 Å². The van der Waals surface area contributed by atoms with Crippen LogP contribution in [-0.2, 0) is 4.74 Å². The van der Waals surface area contributed by atoms with E-state index in [-0.39, 0.29) is 5.41 Å². The topological polar surface area (TPSA) is 54.3 Å². The van der Waals surface area contributed by atoms with Crippen LogP contribution in [0.15, 0.2) is 12.1 Å². The van der Waals surface area contributed by atoms with Gasteiger partial charge in [-0.3, -0.25) is 0 Å². The van der Waals surface area contributed by atoms with Crippen LogP contribution < -0.4 is 10.1 Å². The van der Waals surface area contributed by atoms with Gasteiger partial charge in [0.05, 0.1) is 26.4 Å². The van der Waals surface area contributed by atoms with Crippen molar-refractivity contribution in [1.29, 1.82) is 5.26 Å². The molecule has 4 nitrogen and oxygen atoms in total. The van der Waals surface area contributed by atoms with Gasteiger partial charge in [-0.1, -0.05) is 0 Å². The normalized spacial score (nSPS) is 16.6. The summed E-state index contributed by atoms with van der Waals surface area (Å²) in [6.45, 7) is 5.70. The summed E-state index contributed by atoms with van der Waals surface area (Å²) in [4.78, 5) is 0. The first-order valence-electron chi connectivity index (χ1n) is 5.98. The number of methoxy groups -OCH3 is 1. The van der Waals surface area contributed by atoms with E-state index in [1.165, 1.54) is 0 Å². The summed E-state index contributed by atoms with van der Waals surface area (Å²) in [6, 6.07) is 6.39. The first-order chi connectivity index (χ1) is 8.60. The van der Waals surface area contributed by atoms with Gasteiger partial charge in [0.15, 0.2) is 0 Å². The molecule has 0 bridgehead atoms. The quantitative estimate of drug-likeness (QED) is 0.885. The molecule has 0 aliphatic carbocycles. The summed E-state index contributed by atoms with van der Waals surface area (Å²) in [5, 5.41) is 12.5. The van der Waals surface area contributed by atoms with E-state index < -0.39 is 0 Å². The number of nitriles is 1. The van der Waals surface area contributed by atoms with E-state index >= 15 is 0 Å². The lowest BCUT2D eigenvalue weighted by atomic mass is 9.88. The molecule has 1 heterocycles. The summed E-state index contributed by atoms with van der Waals surface area (Å²) in [5.41, 5.74) is 2.89. The standard InChI is InChI=1S/C14H18N2O2/c1-10-5-13(17-3)11(2)4-12(10)16-7-14(6-15)8-18-9-14/h4-5,16H,7-9H2,1-3H3. The van der Waals surface area contributed by atoms with Crippen LogP contribution in [0.25, 0.3) is 0 Å². The van der Waals surface area contributed by atoms with E-state index in [1.54, 1.807) is 7.11 Å². The van der Waals surface area contributed by atoms with Crippen molar-refractivity contribution in [1.82, 2.24) is 0 Å². The molecule has 1 aromatic rings. The molecule has 96 valence electrons. The van der Waals surface area contributed by atoms with Gasteiger partial charge in [0, 0.05) is 12.2 Å². The zero-order chi connectivity index (χ0) is 13.2. The van der Waals surface area contributed by atoms with Gasteiger partial charge in [0.1, 0.15) is 11.2 Å². The van der Waals surface area contributed by atoms with Crippen molar-refractivity contribution in [3.63, 3.8) is 0 Å². The highest BCUT2D eigenvalue weighted by molar-refractivity contribution is 5.57. The monoisotopic (exact) mass is 246 g/mol. The first kappa shape index (κ1) is 12.7. The number of hydrogen-bond acceptors (Lipinski definition) is 4. The van der Waals surface area contributed by atoms with Gasteiger partial charge in [-0.25, -0.2) is 0 Å². The van der Waals surface area contributed by atoms with Crippen LogP contribution >= 0.6 is 0 Å². The first-order valence-corrected chi connectivity index (χ1v) is 5.98. The molecule has 18 heavy (non-hydrogen) atoms. The highest BCUT2D eigenvalue weighted by Gasteiger charge is 2.38. The molecule has 1 N–H and O–H groups in total. The minimum Gasteiger partial charge on any atom is -0.496 e. The molecule has 1 saturated heterocycles. The molecule has 0 saturated carbocycles. The number of benzene rings is 1. The lowest BCUT2D eigenvalue weighted by Crippen LogP contribution is -2.46. The SMILES string of the molecule is COc1cc(C)c(NCC2(C#N)COC2)cc1C. The molecule has 4 heteroatoms. The van der Waals surface area contributed by atoms with Crippen LogP contribution in [0.4, 0.5) is 5.69 Å². The minimum atomic E-state index is -0.361. The van der Waals surface area contributed by atoms with Crippen LogP contribution in [0, 0.1) is 30.6 Å². The van der Waals surface area contributed by atoms with Gasteiger partial charge in [0.2, 0.25) is 0 Å². The molecule has 1 fully saturated rings. The van der Waals surface area contributed by atoms with Crippen molar-refractivity contribution in [2.24, 2.45) is 5.41 Å². The van der Waals surface area contributed by atoms with Crippen LogP contribution in [-0.4, -0.2) is 26.9 Å². The Morgan fingerprint density at radius 1 is 1.39 bits per heavy atom. The average Bonchev–Trinajstić information content (AvgIpc) is 2.32. The summed E-state index contributed by atoms with van der Waals surface area (Å²) in [5.74, 6) is 0.889. The summed E-state index contributed by atoms with van der Waals surface area (Å²) >= 11 is 0. The van der Waals surface area contributed by atoms with Gasteiger partial charge < -0.3 is 14.8 Å². The Kier molecular flexibility index (Phi) is 3.44. The van der Waals surface area contributed by atoms with E-state index in [1.807, 2.05) is 19.9 Å². The summed E-state index contributed by atoms with van der Waals surface area (Å²) < 4.78 is 10.4. The lowest BCUT2D eigenvalue weighted by molar-refractivity contribution is -0.0690. The Balaban J connectivity index is 2.10. The molecule has 2 rings (SSSR count). The molecule has 0 radical (unpaired) electrons. The van der Waals surface area contributed by atoms with Crippen LogP contribution in [0.5, 0.6) is 5.75 Å². The third-order valence-electron chi connectivity index (χ3n) is 3.35. The van der Waals surface area contributed by atoms with Crippen molar-refractivity contribution in [3.8, 4) is 11.8 Å². The van der Waals surface area contributed by atoms with Crippen molar-refractivity contribution in [3.05, 3.63) is 23.3 Å². The number of anilines is 1. The van der Waals surface area contributed by atoms with Crippen molar-refractivity contribution < 1.29 is 9.47 Å². The fraction of sp³-hybridized carbons (Fsp3) is 0.500. The second-order valence-corrected chi connectivity index (χ2v) is 4.88. The predicted molar refractivity (Wildman–Crippen MR) is 69.8 cm³/mol. The highest BCUT2D eigenvalue weighted by Crippen LogP contribution is 2.30. The molecule has 1 aromatic carbocycles. The molecule has 0 atom stereocenters. The third-order valence-corrected chi connectivity index (χ3v) is 3.35. The van der Waals surface area contributed by atoms with Gasteiger partial charge in [0.25, 0.3) is 0 Å². The second-order valence-electron chi connectivity index (χ2n) is 4.88. The van der Waals surface area contributed by atoms with Crippen molar-refractivity contribution in [2.75, 3.05) is 32.2 Å². The predicted octanol–water partition coefficient (Wildman–Crippen LogP) is 2.26. The minimum absolute atomic E-state index is 0.361. The molecule has 0 amide bonds. The molecular formula is C14H18N2O2. The maximum Gasteiger partial charge on any atom is 0.122 e. The Labute approximate surface area is 108 Å². The Morgan fingerprint density at radius 3 is 2.61 bits per heavy atom. The number of ether oxygens (including phenoxy) is 2. The fourth-order valence-corrected chi connectivity index (χ4v) is 2.02. The number of aryl methyl sites for hydroxylation is 2. The second kappa shape index (κ2) is 4.87. The van der Waals surface area contributed by atoms with E-state index in [2.05, 4.69) is 17.5 Å². The van der Waals surface area contributed by atoms with Gasteiger partial charge in [-0.05, 0) is 37.1 Å². The Bertz CT molecular complexity index is 487. The van der Waals surface area contributed by atoms with E-state index in [0.717, 1.165) is 22.6 Å². The molecule has 0 spiro atoms. The molecule has 1 aliphatic heterocycles. The van der Waals surface area contributed by atoms with Crippen LogP contribution in [0.2, 0.25) is 0 Å². The third kappa shape index (κ3) is 2.27. The largest absolute Gasteiger partial charge is 0.496 e. The lowest BCUT2D eigenvalue weighted by Gasteiger charge is -2.35. The Morgan fingerprint density at radius 2 is 2.11 bits per heavy atom. The van der Waals surface area contributed by atoms with Gasteiger partial charge in [-0.15, -0.1) is 0 Å². The van der Waals surface area contributed by atoms with Crippen molar-refractivity contribution in [2.45, 2.75) is 13.8 Å². The number of rotatable bonds is 4. The molecule has 0 unspecified atom stereocenters. The maximum atomic E-state index is 9.13. The number of nitrogens with one attached hydrogen (secondary N) is 1.